The molecule has 0 aliphatic rings. The Morgan fingerprint density at radius 3 is 2.04 bits per heavy atom. The van der Waals surface area contributed by atoms with Crippen LogP contribution in [0.25, 0.3) is 0 Å². The second-order valence-corrected chi connectivity index (χ2v) is 8.10. The van der Waals surface area contributed by atoms with Gasteiger partial charge >= 0.3 is 0 Å². The first kappa shape index (κ1) is 17.4. The van der Waals surface area contributed by atoms with Gasteiger partial charge in [0.1, 0.15) is 12.1 Å². The van der Waals surface area contributed by atoms with E-state index < -0.39 is 0 Å². The number of hydrogen-bond donors (Lipinski definition) is 2. The van der Waals surface area contributed by atoms with Crippen LogP contribution in [0.4, 0.5) is 0 Å². The molecule has 23 heavy (non-hydrogen) atoms. The summed E-state index contributed by atoms with van der Waals surface area (Å²) in [6.45, 7) is 12.5. The summed E-state index contributed by atoms with van der Waals surface area (Å²) in [5, 5.41) is 21.5. The number of aromatic hydroxyl groups is 1. The Hall–Kier alpha value is -1.95. The van der Waals surface area contributed by atoms with Crippen molar-refractivity contribution in [2.45, 2.75) is 52.4 Å². The molecule has 2 aromatic rings. The maximum Gasteiger partial charge on any atom is 0.216 e. The molecule has 2 rings (SSSR count). The molecule has 124 valence electrons. The van der Waals surface area contributed by atoms with Crippen LogP contribution in [0.15, 0.2) is 23.6 Å². The van der Waals surface area contributed by atoms with Gasteiger partial charge in [0.05, 0.1) is 6.21 Å². The molecule has 2 N–H and O–H groups in total. The van der Waals surface area contributed by atoms with Gasteiger partial charge in [-0.3, -0.25) is 5.10 Å². The topological polar surface area (TPSA) is 66.2 Å². The van der Waals surface area contributed by atoms with Gasteiger partial charge in [-0.1, -0.05) is 41.5 Å². The zero-order chi connectivity index (χ0) is 17.4. The van der Waals surface area contributed by atoms with Crippen LogP contribution in [0.3, 0.4) is 0 Å². The van der Waals surface area contributed by atoms with E-state index in [0.29, 0.717) is 10.5 Å². The number of nitrogens with one attached hydrogen (secondary N) is 1. The van der Waals surface area contributed by atoms with Crippen molar-refractivity contribution < 1.29 is 5.11 Å². The molecule has 0 saturated heterocycles. The van der Waals surface area contributed by atoms with Gasteiger partial charge in [-0.05, 0) is 40.7 Å². The van der Waals surface area contributed by atoms with Crippen molar-refractivity contribution >= 4 is 18.4 Å². The van der Waals surface area contributed by atoms with Gasteiger partial charge in [-0.25, -0.2) is 0 Å². The second kappa shape index (κ2) is 5.92. The molecule has 6 heteroatoms. The molecule has 0 aliphatic carbocycles. The quantitative estimate of drug-likeness (QED) is 0.642. The predicted octanol–water partition coefficient (Wildman–Crippen LogP) is 4.12. The highest BCUT2D eigenvalue weighted by atomic mass is 32.1. The smallest absolute Gasteiger partial charge is 0.216 e. The molecule has 0 radical (unpaired) electrons. The Kier molecular flexibility index (Phi) is 4.48. The third-order valence-electron chi connectivity index (χ3n) is 3.61. The highest BCUT2D eigenvalue weighted by Crippen LogP contribution is 2.39. The fourth-order valence-corrected chi connectivity index (χ4v) is 2.48. The average Bonchev–Trinajstić information content (AvgIpc) is 2.80. The van der Waals surface area contributed by atoms with Crippen LogP contribution in [0.5, 0.6) is 5.75 Å². The number of aromatic amines is 1. The van der Waals surface area contributed by atoms with Crippen molar-refractivity contribution in [2.24, 2.45) is 5.10 Å². The fourth-order valence-electron chi connectivity index (χ4n) is 2.33. The first-order valence-electron chi connectivity index (χ1n) is 7.54. The molecule has 0 fully saturated rings. The molecule has 5 nitrogen and oxygen atoms in total. The fraction of sp³-hybridized carbons (Fsp3) is 0.471. The van der Waals surface area contributed by atoms with Crippen LogP contribution < -0.4 is 0 Å². The molecule has 1 aromatic heterocycles. The first-order chi connectivity index (χ1) is 10.5. The Balaban J connectivity index is 2.59. The summed E-state index contributed by atoms with van der Waals surface area (Å²) < 4.78 is 1.93. The minimum atomic E-state index is -0.167. The van der Waals surface area contributed by atoms with Gasteiger partial charge in [0.15, 0.2) is 0 Å². The van der Waals surface area contributed by atoms with Crippen molar-refractivity contribution in [3.63, 3.8) is 0 Å². The van der Waals surface area contributed by atoms with Gasteiger partial charge in [0.2, 0.25) is 4.77 Å². The van der Waals surface area contributed by atoms with Crippen molar-refractivity contribution in [3.05, 3.63) is 39.9 Å². The van der Waals surface area contributed by atoms with Gasteiger partial charge < -0.3 is 5.11 Å². The lowest BCUT2D eigenvalue weighted by Crippen LogP contribution is -2.17. The molecule has 0 atom stereocenters. The zero-order valence-electron chi connectivity index (χ0n) is 14.5. The standard InChI is InChI=1S/C17H24N4OS/c1-16(2,3)12-7-11(8-13(14(12)22)17(4,5)6)9-19-21-10-18-20-15(21)23/h7-10,22H,1-6H3,(H,20,23)/b19-9-. The van der Waals surface area contributed by atoms with Crippen molar-refractivity contribution in [3.8, 4) is 5.75 Å². The summed E-state index contributed by atoms with van der Waals surface area (Å²) >= 11 is 5.08. The minimum absolute atomic E-state index is 0.167. The molecule has 0 spiro atoms. The average molecular weight is 332 g/mol. The van der Waals surface area contributed by atoms with Crippen LogP contribution in [0, 0.1) is 4.77 Å². The van der Waals surface area contributed by atoms with Crippen LogP contribution in [0.2, 0.25) is 0 Å². The molecule has 1 heterocycles. The maximum atomic E-state index is 10.7. The number of phenolic OH excluding ortho intramolecular Hbond substituents is 1. The van der Waals surface area contributed by atoms with Crippen LogP contribution in [-0.4, -0.2) is 26.2 Å². The van der Waals surface area contributed by atoms with Crippen LogP contribution in [0.1, 0.15) is 58.2 Å². The number of aromatic nitrogens is 3. The predicted molar refractivity (Wildman–Crippen MR) is 95.9 cm³/mol. The lowest BCUT2D eigenvalue weighted by Gasteiger charge is -2.27. The van der Waals surface area contributed by atoms with Crippen LogP contribution >= 0.6 is 12.2 Å². The second-order valence-electron chi connectivity index (χ2n) is 7.72. The molecular weight excluding hydrogens is 308 g/mol. The van der Waals surface area contributed by atoms with E-state index in [1.165, 1.54) is 11.0 Å². The van der Waals surface area contributed by atoms with E-state index >= 15 is 0 Å². The molecule has 0 amide bonds. The third-order valence-corrected chi connectivity index (χ3v) is 3.89. The number of phenols is 1. The third kappa shape index (κ3) is 3.88. The summed E-state index contributed by atoms with van der Waals surface area (Å²) in [6, 6.07) is 3.94. The van der Waals surface area contributed by atoms with Gasteiger partial charge in [0.25, 0.3) is 0 Å². The lowest BCUT2D eigenvalue weighted by molar-refractivity contribution is 0.423. The maximum absolute atomic E-state index is 10.7. The first-order valence-corrected chi connectivity index (χ1v) is 7.95. The van der Waals surface area contributed by atoms with E-state index in [1.807, 2.05) is 12.1 Å². The van der Waals surface area contributed by atoms with E-state index in [-0.39, 0.29) is 10.8 Å². The SMILES string of the molecule is CC(C)(C)c1cc(/C=N\n2cn[nH]c2=S)cc(C(C)(C)C)c1O. The normalized spacial score (nSPS) is 13.0. The van der Waals surface area contributed by atoms with Gasteiger partial charge in [-0.15, -0.1) is 0 Å². The minimum Gasteiger partial charge on any atom is -0.507 e. The zero-order valence-corrected chi connectivity index (χ0v) is 15.3. The van der Waals surface area contributed by atoms with E-state index in [0.717, 1.165) is 16.7 Å². The van der Waals surface area contributed by atoms with E-state index in [4.69, 9.17) is 12.2 Å². The Labute approximate surface area is 142 Å². The van der Waals surface area contributed by atoms with Gasteiger partial charge in [0, 0.05) is 11.1 Å². The summed E-state index contributed by atoms with van der Waals surface area (Å²) in [6.07, 6.45) is 3.25. The summed E-state index contributed by atoms with van der Waals surface area (Å²) in [5.41, 5.74) is 2.39. The van der Waals surface area contributed by atoms with E-state index in [1.54, 1.807) is 6.21 Å². The number of nitrogens with zero attached hydrogens (tertiary/aromatic N) is 3. The Morgan fingerprint density at radius 2 is 1.65 bits per heavy atom. The number of H-pyrrole nitrogens is 1. The van der Waals surface area contributed by atoms with Crippen molar-refractivity contribution in [2.75, 3.05) is 0 Å². The number of benzene rings is 1. The molecule has 1 aromatic carbocycles. The summed E-state index contributed by atoms with van der Waals surface area (Å²) in [5.74, 6) is 0.363. The summed E-state index contributed by atoms with van der Waals surface area (Å²) in [7, 11) is 0. The summed E-state index contributed by atoms with van der Waals surface area (Å²) in [4.78, 5) is 0. The highest BCUT2D eigenvalue weighted by Gasteiger charge is 2.26. The van der Waals surface area contributed by atoms with Gasteiger partial charge in [-0.2, -0.15) is 14.9 Å². The van der Waals surface area contributed by atoms with Crippen LogP contribution in [-0.2, 0) is 10.8 Å². The molecule has 0 aliphatic heterocycles. The Bertz CT molecular complexity index is 753. The van der Waals surface area contributed by atoms with Crippen molar-refractivity contribution in [1.82, 2.24) is 14.9 Å². The molecule has 0 bridgehead atoms. The molecule has 0 saturated carbocycles. The largest absolute Gasteiger partial charge is 0.507 e. The molecular formula is C17H24N4OS. The Morgan fingerprint density at radius 1 is 1.13 bits per heavy atom. The highest BCUT2D eigenvalue weighted by molar-refractivity contribution is 7.71. The van der Waals surface area contributed by atoms with E-state index in [2.05, 4.69) is 56.8 Å². The number of rotatable bonds is 2. The lowest BCUT2D eigenvalue weighted by atomic mass is 9.78. The van der Waals surface area contributed by atoms with Crippen molar-refractivity contribution in [1.29, 1.82) is 0 Å². The van der Waals surface area contributed by atoms with E-state index in [9.17, 15) is 5.11 Å². The number of hydrogen-bond acceptors (Lipinski definition) is 4. The molecule has 0 unspecified atom stereocenters. The monoisotopic (exact) mass is 332 g/mol.